The summed E-state index contributed by atoms with van der Waals surface area (Å²) in [5, 5.41) is -0.232. The number of hydrogen-bond acceptors (Lipinski definition) is 3. The van der Waals surface area contributed by atoms with E-state index in [0.29, 0.717) is 0 Å². The van der Waals surface area contributed by atoms with E-state index in [0.717, 1.165) is 17.0 Å². The zero-order valence-electron chi connectivity index (χ0n) is 9.94. The number of nitrogens with zero attached hydrogens (tertiary/aromatic N) is 1. The maximum Gasteiger partial charge on any atom is 0.299 e. The number of halogens is 2. The first-order chi connectivity index (χ1) is 8.82. The third-order valence-electron chi connectivity index (χ3n) is 2.96. The predicted octanol–water partition coefficient (Wildman–Crippen LogP) is 1.13. The normalized spacial score (nSPS) is 15.6. The number of hydrogen-bond donors (Lipinski definition) is 1. The molecule has 1 aromatic carbocycles. The minimum absolute atomic E-state index is 0.0353. The maximum atomic E-state index is 13.4. The quantitative estimate of drug-likeness (QED) is 0.845. The highest BCUT2D eigenvalue weighted by atomic mass is 35.5. The van der Waals surface area contributed by atoms with Gasteiger partial charge in [0.25, 0.3) is 11.7 Å². The Kier molecular flexibility index (Phi) is 3.28. The smallest absolute Gasteiger partial charge is 0.299 e. The number of anilines is 1. The Hall–Kier alpha value is -1.95. The molecule has 0 aliphatic carbocycles. The number of benzene rings is 1. The minimum Gasteiger partial charge on any atom is -0.369 e. The number of carbonyl (C=O) groups excluding carboxylic acids is 3. The van der Waals surface area contributed by atoms with Gasteiger partial charge in [0.05, 0.1) is 22.2 Å². The van der Waals surface area contributed by atoms with Crippen LogP contribution in [-0.4, -0.2) is 24.1 Å². The molecule has 7 heteroatoms. The van der Waals surface area contributed by atoms with Crippen LogP contribution in [0.3, 0.4) is 0 Å². The highest BCUT2D eigenvalue weighted by molar-refractivity contribution is 6.52. The second-order valence-electron chi connectivity index (χ2n) is 4.33. The van der Waals surface area contributed by atoms with Crippen LogP contribution in [-0.2, 0) is 9.59 Å². The van der Waals surface area contributed by atoms with E-state index in [1.54, 1.807) is 0 Å². The molecule has 0 fully saturated rings. The van der Waals surface area contributed by atoms with Gasteiger partial charge in [-0.05, 0) is 12.1 Å². The highest BCUT2D eigenvalue weighted by Crippen LogP contribution is 2.33. The van der Waals surface area contributed by atoms with Crippen LogP contribution in [0.2, 0.25) is 5.02 Å². The number of nitrogens with two attached hydrogens (primary N) is 1. The van der Waals surface area contributed by atoms with Crippen molar-refractivity contribution < 1.29 is 18.8 Å². The van der Waals surface area contributed by atoms with Gasteiger partial charge in [-0.1, -0.05) is 18.5 Å². The van der Waals surface area contributed by atoms with Crippen LogP contribution in [0.1, 0.15) is 17.3 Å². The highest BCUT2D eigenvalue weighted by Gasteiger charge is 2.37. The lowest BCUT2D eigenvalue weighted by molar-refractivity contribution is -0.121. The first kappa shape index (κ1) is 13.5. The number of primary amides is 1. The molecule has 1 aromatic rings. The summed E-state index contributed by atoms with van der Waals surface area (Å²) in [6, 6.07) is 2.12. The van der Waals surface area contributed by atoms with Crippen molar-refractivity contribution in [3.05, 3.63) is 28.5 Å². The van der Waals surface area contributed by atoms with Crippen molar-refractivity contribution in [3.8, 4) is 0 Å². The SMILES string of the molecule is CC(CN1C(=O)C(=O)c2cc(Cl)c(F)cc21)C(N)=O. The fourth-order valence-corrected chi connectivity index (χ4v) is 2.00. The Morgan fingerprint density at radius 1 is 1.47 bits per heavy atom. The molecule has 2 amide bonds. The largest absolute Gasteiger partial charge is 0.369 e. The first-order valence-electron chi connectivity index (χ1n) is 5.47. The summed E-state index contributed by atoms with van der Waals surface area (Å²) in [7, 11) is 0. The van der Waals surface area contributed by atoms with E-state index in [1.165, 1.54) is 6.92 Å². The summed E-state index contributed by atoms with van der Waals surface area (Å²) in [6.07, 6.45) is 0. The van der Waals surface area contributed by atoms with Crippen LogP contribution in [0.5, 0.6) is 0 Å². The number of amides is 2. The van der Waals surface area contributed by atoms with E-state index in [2.05, 4.69) is 0 Å². The standard InChI is InChI=1S/C12H10ClFN2O3/c1-5(11(15)18)4-16-9-3-8(14)7(13)2-6(9)10(17)12(16)19/h2-3,5H,4H2,1H3,(H2,15,18). The van der Waals surface area contributed by atoms with Crippen LogP contribution >= 0.6 is 11.6 Å². The van der Waals surface area contributed by atoms with Crippen LogP contribution in [0.15, 0.2) is 12.1 Å². The van der Waals surface area contributed by atoms with Gasteiger partial charge in [-0.3, -0.25) is 14.4 Å². The lowest BCUT2D eigenvalue weighted by atomic mass is 10.1. The fourth-order valence-electron chi connectivity index (χ4n) is 1.83. The zero-order valence-corrected chi connectivity index (χ0v) is 10.7. The van der Waals surface area contributed by atoms with E-state index in [4.69, 9.17) is 17.3 Å². The number of carbonyl (C=O) groups is 3. The van der Waals surface area contributed by atoms with Gasteiger partial charge < -0.3 is 10.6 Å². The minimum atomic E-state index is -0.815. The molecule has 2 N–H and O–H groups in total. The average Bonchev–Trinajstić information content (AvgIpc) is 2.56. The topological polar surface area (TPSA) is 80.5 Å². The van der Waals surface area contributed by atoms with Gasteiger partial charge in [0.1, 0.15) is 5.82 Å². The van der Waals surface area contributed by atoms with Crippen molar-refractivity contribution in [2.75, 3.05) is 11.4 Å². The first-order valence-corrected chi connectivity index (χ1v) is 5.85. The van der Waals surface area contributed by atoms with E-state index in [1.807, 2.05) is 0 Å². The third-order valence-corrected chi connectivity index (χ3v) is 3.25. The Labute approximate surface area is 113 Å². The molecule has 2 rings (SSSR count). The Balaban J connectivity index is 2.44. The second kappa shape index (κ2) is 4.62. The molecule has 0 radical (unpaired) electrons. The lowest BCUT2D eigenvalue weighted by Gasteiger charge is -2.19. The molecule has 1 heterocycles. The third kappa shape index (κ3) is 2.19. The van der Waals surface area contributed by atoms with Crippen LogP contribution in [0.25, 0.3) is 0 Å². The van der Waals surface area contributed by atoms with Gasteiger partial charge in [0.15, 0.2) is 0 Å². The summed E-state index contributed by atoms with van der Waals surface area (Å²) in [6.45, 7) is 1.44. The number of ketones is 1. The fraction of sp³-hybridized carbons (Fsp3) is 0.250. The molecule has 5 nitrogen and oxygen atoms in total. The molecular formula is C12H10ClFN2O3. The molecule has 19 heavy (non-hydrogen) atoms. The molecule has 1 atom stereocenters. The van der Waals surface area contributed by atoms with Crippen molar-refractivity contribution in [3.63, 3.8) is 0 Å². The maximum absolute atomic E-state index is 13.4. The molecule has 0 saturated carbocycles. The van der Waals surface area contributed by atoms with Crippen molar-refractivity contribution >= 4 is 34.9 Å². The summed E-state index contributed by atoms with van der Waals surface area (Å²) in [5.41, 5.74) is 5.26. The number of Topliss-reactive ketones (excluding diaryl/α,β-unsaturated/α-hetero) is 1. The van der Waals surface area contributed by atoms with E-state index >= 15 is 0 Å². The van der Waals surface area contributed by atoms with Gasteiger partial charge in [0.2, 0.25) is 5.91 Å². The van der Waals surface area contributed by atoms with Gasteiger partial charge in [0, 0.05) is 6.54 Å². The monoisotopic (exact) mass is 284 g/mol. The zero-order chi connectivity index (χ0) is 14.3. The average molecular weight is 285 g/mol. The van der Waals surface area contributed by atoms with Gasteiger partial charge in [-0.2, -0.15) is 0 Å². The molecule has 1 aliphatic heterocycles. The van der Waals surface area contributed by atoms with E-state index in [-0.39, 0.29) is 22.8 Å². The van der Waals surface area contributed by atoms with E-state index < -0.39 is 29.3 Å². The van der Waals surface area contributed by atoms with Gasteiger partial charge in [-0.15, -0.1) is 0 Å². The molecule has 0 aromatic heterocycles. The van der Waals surface area contributed by atoms with E-state index in [9.17, 15) is 18.8 Å². The second-order valence-corrected chi connectivity index (χ2v) is 4.74. The Morgan fingerprint density at radius 3 is 2.68 bits per heavy atom. The lowest BCUT2D eigenvalue weighted by Crippen LogP contribution is -2.38. The summed E-state index contributed by atoms with van der Waals surface area (Å²) in [5.74, 6) is -3.58. The van der Waals surface area contributed by atoms with Gasteiger partial charge >= 0.3 is 0 Å². The molecule has 0 saturated heterocycles. The summed E-state index contributed by atoms with van der Waals surface area (Å²) < 4.78 is 13.4. The molecule has 0 bridgehead atoms. The van der Waals surface area contributed by atoms with Crippen molar-refractivity contribution in [2.24, 2.45) is 11.7 Å². The number of rotatable bonds is 3. The molecule has 1 aliphatic rings. The molecular weight excluding hydrogens is 275 g/mol. The van der Waals surface area contributed by atoms with Crippen molar-refractivity contribution in [1.82, 2.24) is 0 Å². The van der Waals surface area contributed by atoms with Crippen LogP contribution in [0.4, 0.5) is 10.1 Å². The van der Waals surface area contributed by atoms with Gasteiger partial charge in [-0.25, -0.2) is 4.39 Å². The molecule has 100 valence electrons. The Morgan fingerprint density at radius 2 is 2.11 bits per heavy atom. The van der Waals surface area contributed by atoms with Crippen molar-refractivity contribution in [2.45, 2.75) is 6.92 Å². The van der Waals surface area contributed by atoms with Crippen LogP contribution in [0, 0.1) is 11.7 Å². The Bertz CT molecular complexity index is 603. The number of fused-ring (bicyclic) bond motifs is 1. The summed E-state index contributed by atoms with van der Waals surface area (Å²) in [4.78, 5) is 35.6. The van der Waals surface area contributed by atoms with Crippen molar-refractivity contribution in [1.29, 1.82) is 0 Å². The predicted molar refractivity (Wildman–Crippen MR) is 66.5 cm³/mol. The molecule has 0 spiro atoms. The van der Waals surface area contributed by atoms with Crippen LogP contribution < -0.4 is 10.6 Å². The molecule has 1 unspecified atom stereocenters. The summed E-state index contributed by atoms with van der Waals surface area (Å²) >= 11 is 5.58.